The fraction of sp³-hybridized carbons (Fsp3) is 0.120. The van der Waals surface area contributed by atoms with Crippen LogP contribution in [0.25, 0.3) is 17.2 Å². The summed E-state index contributed by atoms with van der Waals surface area (Å²) in [6.07, 6.45) is 1.71. The fourth-order valence-electron chi connectivity index (χ4n) is 3.42. The zero-order valence-electron chi connectivity index (χ0n) is 17.8. The molecule has 8 heteroatoms. The molecule has 0 unspecified atom stereocenters. The monoisotopic (exact) mass is 499 g/mol. The third kappa shape index (κ3) is 5.03. The molecule has 0 saturated carbocycles. The van der Waals surface area contributed by atoms with Crippen molar-refractivity contribution in [1.82, 2.24) is 4.90 Å². The number of carbonyl (C=O) groups excluding carboxylic acids is 2. The van der Waals surface area contributed by atoms with Crippen LogP contribution in [-0.4, -0.2) is 30.3 Å². The van der Waals surface area contributed by atoms with Gasteiger partial charge < -0.3 is 9.47 Å². The minimum absolute atomic E-state index is 0.124. The molecular weight excluding hydrogens is 481 g/mol. The lowest BCUT2D eigenvalue weighted by Crippen LogP contribution is -2.27. The molecular formula is C25H19Cl2NO4S. The van der Waals surface area contributed by atoms with Crippen molar-refractivity contribution < 1.29 is 19.1 Å². The largest absolute Gasteiger partial charge is 0.497 e. The van der Waals surface area contributed by atoms with Crippen LogP contribution >= 0.6 is 35.0 Å². The number of methoxy groups -OCH3 is 2. The lowest BCUT2D eigenvalue weighted by molar-refractivity contribution is -0.123. The normalized spacial score (nSPS) is 14.8. The van der Waals surface area contributed by atoms with Gasteiger partial charge in [0.1, 0.15) is 11.5 Å². The molecule has 1 aliphatic rings. The van der Waals surface area contributed by atoms with Crippen LogP contribution in [0, 0.1) is 0 Å². The number of ether oxygens (including phenoxy) is 2. The van der Waals surface area contributed by atoms with Crippen molar-refractivity contribution in [3.8, 4) is 22.6 Å². The molecule has 0 bridgehead atoms. The van der Waals surface area contributed by atoms with Gasteiger partial charge in [0, 0.05) is 5.56 Å². The standard InChI is InChI=1S/C25H19Cl2NO4S/c1-31-18-7-5-17(6-8-18)19-11-15(4-10-22(19)32-2)13-23-24(29)28(25(30)33-23)14-16-3-9-20(26)21(27)12-16/h3-13H,14H2,1-2H3/b23-13+. The van der Waals surface area contributed by atoms with Crippen LogP contribution in [0.15, 0.2) is 65.6 Å². The maximum Gasteiger partial charge on any atom is 0.293 e. The SMILES string of the molecule is COc1ccc(-c2cc(/C=C3/SC(=O)N(Cc4ccc(Cl)c(Cl)c4)C3=O)ccc2OC)cc1. The number of imide groups is 1. The first-order valence-electron chi connectivity index (χ1n) is 9.91. The number of rotatable bonds is 6. The Kier molecular flexibility index (Phi) is 6.98. The van der Waals surface area contributed by atoms with Crippen molar-refractivity contribution in [2.45, 2.75) is 6.54 Å². The van der Waals surface area contributed by atoms with Crippen molar-refractivity contribution in [2.75, 3.05) is 14.2 Å². The predicted molar refractivity (Wildman–Crippen MR) is 133 cm³/mol. The summed E-state index contributed by atoms with van der Waals surface area (Å²) in [6.45, 7) is 0.124. The number of nitrogens with zero attached hydrogens (tertiary/aromatic N) is 1. The van der Waals surface area contributed by atoms with Gasteiger partial charge in [-0.1, -0.05) is 47.5 Å². The van der Waals surface area contributed by atoms with E-state index in [9.17, 15) is 9.59 Å². The average Bonchev–Trinajstić information content (AvgIpc) is 3.08. The Bertz CT molecular complexity index is 1260. The van der Waals surface area contributed by atoms with Crippen LogP contribution in [-0.2, 0) is 11.3 Å². The molecule has 1 saturated heterocycles. The number of halogens is 2. The molecule has 1 fully saturated rings. The number of hydrogen-bond donors (Lipinski definition) is 0. The highest BCUT2D eigenvalue weighted by molar-refractivity contribution is 8.18. The molecule has 168 valence electrons. The summed E-state index contributed by atoms with van der Waals surface area (Å²) in [7, 11) is 3.22. The van der Waals surface area contributed by atoms with Gasteiger partial charge in [-0.15, -0.1) is 0 Å². The zero-order valence-corrected chi connectivity index (χ0v) is 20.1. The van der Waals surface area contributed by atoms with Crippen LogP contribution in [0.2, 0.25) is 10.0 Å². The van der Waals surface area contributed by atoms with Crippen LogP contribution in [0.5, 0.6) is 11.5 Å². The summed E-state index contributed by atoms with van der Waals surface area (Å²) in [5.74, 6) is 1.10. The Morgan fingerprint density at radius 1 is 0.909 bits per heavy atom. The lowest BCUT2D eigenvalue weighted by Gasteiger charge is -2.13. The van der Waals surface area contributed by atoms with E-state index < -0.39 is 0 Å². The fourth-order valence-corrected chi connectivity index (χ4v) is 4.58. The van der Waals surface area contributed by atoms with Gasteiger partial charge >= 0.3 is 0 Å². The van der Waals surface area contributed by atoms with E-state index >= 15 is 0 Å². The van der Waals surface area contributed by atoms with Crippen molar-refractivity contribution in [2.24, 2.45) is 0 Å². The van der Waals surface area contributed by atoms with Crippen LogP contribution in [0.4, 0.5) is 4.79 Å². The van der Waals surface area contributed by atoms with E-state index in [4.69, 9.17) is 32.7 Å². The minimum atomic E-state index is -0.349. The molecule has 0 spiro atoms. The molecule has 33 heavy (non-hydrogen) atoms. The summed E-state index contributed by atoms with van der Waals surface area (Å²) in [5, 5.41) is 0.462. The topological polar surface area (TPSA) is 55.8 Å². The highest BCUT2D eigenvalue weighted by atomic mass is 35.5. The first-order chi connectivity index (χ1) is 15.9. The van der Waals surface area contributed by atoms with E-state index in [1.165, 1.54) is 4.90 Å². The second kappa shape index (κ2) is 9.91. The molecule has 1 heterocycles. The molecule has 0 atom stereocenters. The molecule has 0 radical (unpaired) electrons. The third-order valence-electron chi connectivity index (χ3n) is 5.12. The predicted octanol–water partition coefficient (Wildman–Crippen LogP) is 6.91. The molecule has 0 N–H and O–H groups in total. The number of carbonyl (C=O) groups is 2. The van der Waals surface area contributed by atoms with Crippen LogP contribution in [0.1, 0.15) is 11.1 Å². The highest BCUT2D eigenvalue weighted by Gasteiger charge is 2.35. The van der Waals surface area contributed by atoms with Crippen molar-refractivity contribution in [3.63, 3.8) is 0 Å². The van der Waals surface area contributed by atoms with Crippen molar-refractivity contribution >= 4 is 52.2 Å². The molecule has 0 aromatic heterocycles. The summed E-state index contributed by atoms with van der Waals surface area (Å²) in [6, 6.07) is 18.3. The minimum Gasteiger partial charge on any atom is -0.497 e. The second-order valence-corrected chi connectivity index (χ2v) is 9.01. The smallest absolute Gasteiger partial charge is 0.293 e. The molecule has 3 aromatic carbocycles. The first kappa shape index (κ1) is 23.2. The summed E-state index contributed by atoms with van der Waals surface area (Å²) in [4.78, 5) is 27.0. The van der Waals surface area contributed by atoms with E-state index in [-0.39, 0.29) is 17.7 Å². The van der Waals surface area contributed by atoms with Gasteiger partial charge in [-0.3, -0.25) is 14.5 Å². The van der Waals surface area contributed by atoms with Gasteiger partial charge in [-0.25, -0.2) is 0 Å². The van der Waals surface area contributed by atoms with E-state index in [0.29, 0.717) is 20.7 Å². The van der Waals surface area contributed by atoms with E-state index in [1.54, 1.807) is 38.5 Å². The molecule has 5 nitrogen and oxygen atoms in total. The molecule has 1 aliphatic heterocycles. The van der Waals surface area contributed by atoms with Crippen molar-refractivity contribution in [3.05, 3.63) is 86.7 Å². The Labute approximate surface area is 205 Å². The number of thioether (sulfide) groups is 1. The summed E-state index contributed by atoms with van der Waals surface area (Å²) in [5.41, 5.74) is 3.31. The first-order valence-corrected chi connectivity index (χ1v) is 11.5. The van der Waals surface area contributed by atoms with Gasteiger partial charge in [-0.2, -0.15) is 0 Å². The van der Waals surface area contributed by atoms with E-state index in [1.807, 2.05) is 42.5 Å². The molecule has 2 amide bonds. The van der Waals surface area contributed by atoms with E-state index in [0.717, 1.165) is 39.8 Å². The maximum absolute atomic E-state index is 12.9. The Morgan fingerprint density at radius 3 is 2.33 bits per heavy atom. The Hall–Kier alpha value is -2.93. The van der Waals surface area contributed by atoms with Crippen LogP contribution in [0.3, 0.4) is 0 Å². The van der Waals surface area contributed by atoms with Gasteiger partial charge in [-0.05, 0) is 70.9 Å². The van der Waals surface area contributed by atoms with Gasteiger partial charge in [0.25, 0.3) is 11.1 Å². The van der Waals surface area contributed by atoms with Crippen molar-refractivity contribution in [1.29, 1.82) is 0 Å². The van der Waals surface area contributed by atoms with Crippen LogP contribution < -0.4 is 9.47 Å². The van der Waals surface area contributed by atoms with Gasteiger partial charge in [0.05, 0.1) is 35.7 Å². The van der Waals surface area contributed by atoms with E-state index in [2.05, 4.69) is 0 Å². The second-order valence-electron chi connectivity index (χ2n) is 7.20. The average molecular weight is 500 g/mol. The summed E-state index contributed by atoms with van der Waals surface area (Å²) < 4.78 is 10.7. The van der Waals surface area contributed by atoms with Gasteiger partial charge in [0.15, 0.2) is 0 Å². The zero-order chi connectivity index (χ0) is 23.5. The third-order valence-corrected chi connectivity index (χ3v) is 6.77. The number of amides is 2. The molecule has 4 rings (SSSR count). The van der Waals surface area contributed by atoms with Gasteiger partial charge in [0.2, 0.25) is 0 Å². The molecule has 0 aliphatic carbocycles. The highest BCUT2D eigenvalue weighted by Crippen LogP contribution is 2.36. The Morgan fingerprint density at radius 2 is 1.67 bits per heavy atom. The number of hydrogen-bond acceptors (Lipinski definition) is 5. The number of benzene rings is 3. The lowest BCUT2D eigenvalue weighted by atomic mass is 10.0. The Balaban J connectivity index is 1.61. The molecule has 3 aromatic rings. The maximum atomic E-state index is 12.9. The quantitative estimate of drug-likeness (QED) is 0.344. The summed E-state index contributed by atoms with van der Waals surface area (Å²) >= 11 is 12.9.